The van der Waals surface area contributed by atoms with Gasteiger partial charge in [-0.3, -0.25) is 9.59 Å². The van der Waals surface area contributed by atoms with Gasteiger partial charge in [-0.1, -0.05) is 0 Å². The second-order valence-electron chi connectivity index (χ2n) is 3.96. The van der Waals surface area contributed by atoms with Crippen molar-refractivity contribution in [2.45, 2.75) is 25.6 Å². The lowest BCUT2D eigenvalue weighted by molar-refractivity contribution is -0.207. The van der Waals surface area contributed by atoms with E-state index in [1.165, 1.54) is 13.8 Å². The van der Waals surface area contributed by atoms with Crippen LogP contribution in [0.4, 0.5) is 13.2 Å². The highest BCUT2D eigenvalue weighted by molar-refractivity contribution is 5.86. The summed E-state index contributed by atoms with van der Waals surface area (Å²) in [5, 5.41) is 8.65. The first-order valence-electron chi connectivity index (χ1n) is 4.20. The topological polar surface area (TPSA) is 57.6 Å². The van der Waals surface area contributed by atoms with E-state index in [1.807, 2.05) is 0 Å². The maximum atomic E-state index is 12.1. The molecule has 86 valence electrons. The van der Waals surface area contributed by atoms with E-state index in [1.54, 1.807) is 0 Å². The van der Waals surface area contributed by atoms with Crippen molar-refractivity contribution in [2.24, 2.45) is 5.92 Å². The van der Waals surface area contributed by atoms with Crippen LogP contribution in [0.5, 0.6) is 0 Å². The quantitative estimate of drug-likeness (QED) is 0.720. The Morgan fingerprint density at radius 2 is 1.87 bits per heavy atom. The van der Waals surface area contributed by atoms with E-state index in [0.29, 0.717) is 4.90 Å². The highest BCUT2D eigenvalue weighted by Crippen LogP contribution is 2.38. The second kappa shape index (κ2) is 3.11. The van der Waals surface area contributed by atoms with Crippen LogP contribution in [0.1, 0.15) is 13.8 Å². The number of hydrogen-bond acceptors (Lipinski definition) is 2. The fourth-order valence-corrected chi connectivity index (χ4v) is 1.59. The van der Waals surface area contributed by atoms with Crippen molar-refractivity contribution in [3.8, 4) is 0 Å². The molecule has 1 aliphatic heterocycles. The van der Waals surface area contributed by atoms with E-state index >= 15 is 0 Å². The third-order valence-corrected chi connectivity index (χ3v) is 2.70. The van der Waals surface area contributed by atoms with Gasteiger partial charge in [-0.05, 0) is 13.8 Å². The molecule has 0 aromatic heterocycles. The molecule has 1 heterocycles. The molecule has 0 aromatic carbocycles. The number of carbonyl (C=O) groups is 2. The molecule has 1 aliphatic rings. The van der Waals surface area contributed by atoms with Gasteiger partial charge in [0.1, 0.15) is 0 Å². The number of aliphatic carboxylic acids is 1. The van der Waals surface area contributed by atoms with Crippen molar-refractivity contribution >= 4 is 11.9 Å². The van der Waals surface area contributed by atoms with Gasteiger partial charge in [0.05, 0.1) is 11.5 Å². The van der Waals surface area contributed by atoms with Gasteiger partial charge in [0.2, 0.25) is 0 Å². The van der Waals surface area contributed by atoms with Crippen LogP contribution >= 0.6 is 0 Å². The minimum absolute atomic E-state index is 0.388. The van der Waals surface area contributed by atoms with Gasteiger partial charge in [-0.2, -0.15) is 13.2 Å². The summed E-state index contributed by atoms with van der Waals surface area (Å²) < 4.78 is 36.2. The molecule has 0 bridgehead atoms. The number of alkyl halides is 3. The third-order valence-electron chi connectivity index (χ3n) is 2.70. The maximum Gasteiger partial charge on any atom is 0.471 e. The molecule has 1 N–H and O–H groups in total. The molecule has 1 rings (SSSR count). The molecule has 0 aromatic rings. The Labute approximate surface area is 83.7 Å². The lowest BCUT2D eigenvalue weighted by Crippen LogP contribution is -2.70. The summed E-state index contributed by atoms with van der Waals surface area (Å²) in [5.41, 5.74) is -1.28. The van der Waals surface area contributed by atoms with Crippen molar-refractivity contribution in [1.29, 1.82) is 0 Å². The number of carboxylic acid groups (broad SMARTS) is 1. The first-order chi connectivity index (χ1) is 6.58. The van der Waals surface area contributed by atoms with Gasteiger partial charge >= 0.3 is 18.1 Å². The first-order valence-corrected chi connectivity index (χ1v) is 4.20. The monoisotopic (exact) mass is 225 g/mol. The Balaban J connectivity index is 2.80. The zero-order chi connectivity index (χ0) is 12.0. The number of likely N-dealkylation sites (tertiary alicyclic amines) is 1. The van der Waals surface area contributed by atoms with Gasteiger partial charge in [0, 0.05) is 6.54 Å². The predicted octanol–water partition coefficient (Wildman–Crippen LogP) is 0.870. The van der Waals surface area contributed by atoms with Crippen molar-refractivity contribution in [3.05, 3.63) is 0 Å². The molecule has 0 saturated carbocycles. The highest BCUT2D eigenvalue weighted by atomic mass is 19.4. The summed E-state index contributed by atoms with van der Waals surface area (Å²) >= 11 is 0. The number of halogens is 3. The molecule has 0 radical (unpaired) electrons. The molecule has 0 aliphatic carbocycles. The summed E-state index contributed by atoms with van der Waals surface area (Å²) in [6.07, 6.45) is -4.94. The fourth-order valence-electron chi connectivity index (χ4n) is 1.59. The van der Waals surface area contributed by atoms with Gasteiger partial charge in [-0.15, -0.1) is 0 Å². The Kier molecular flexibility index (Phi) is 2.45. The largest absolute Gasteiger partial charge is 0.481 e. The van der Waals surface area contributed by atoms with E-state index < -0.39 is 29.5 Å². The van der Waals surface area contributed by atoms with Crippen molar-refractivity contribution in [2.75, 3.05) is 6.54 Å². The molecular formula is C8H10F3NO3. The zero-order valence-corrected chi connectivity index (χ0v) is 8.13. The lowest BCUT2D eigenvalue weighted by atomic mass is 9.76. The van der Waals surface area contributed by atoms with Crippen LogP contribution in [0.25, 0.3) is 0 Å². The zero-order valence-electron chi connectivity index (χ0n) is 8.13. The summed E-state index contributed by atoms with van der Waals surface area (Å²) in [6.45, 7) is 2.22. The third kappa shape index (κ3) is 1.78. The molecule has 1 atom stereocenters. The molecule has 15 heavy (non-hydrogen) atoms. The summed E-state index contributed by atoms with van der Waals surface area (Å²) in [7, 11) is 0. The molecule has 4 nitrogen and oxygen atoms in total. The van der Waals surface area contributed by atoms with Crippen LogP contribution in [0.15, 0.2) is 0 Å². The lowest BCUT2D eigenvalue weighted by Gasteiger charge is -2.52. The van der Waals surface area contributed by atoms with E-state index in [4.69, 9.17) is 5.11 Å². The first kappa shape index (κ1) is 11.8. The summed E-state index contributed by atoms with van der Waals surface area (Å²) in [6, 6.07) is 0. The van der Waals surface area contributed by atoms with Gasteiger partial charge in [0.15, 0.2) is 0 Å². The van der Waals surface area contributed by atoms with E-state index in [2.05, 4.69) is 0 Å². The van der Waals surface area contributed by atoms with Crippen molar-refractivity contribution < 1.29 is 27.9 Å². The molecular weight excluding hydrogens is 215 g/mol. The average molecular weight is 225 g/mol. The molecule has 1 saturated heterocycles. The van der Waals surface area contributed by atoms with Crippen LogP contribution in [0, 0.1) is 5.92 Å². The molecule has 7 heteroatoms. The molecule has 1 unspecified atom stereocenters. The van der Waals surface area contributed by atoms with E-state index in [0.717, 1.165) is 0 Å². The smallest absolute Gasteiger partial charge is 0.471 e. The fraction of sp³-hybridized carbons (Fsp3) is 0.750. The molecule has 1 fully saturated rings. The minimum Gasteiger partial charge on any atom is -0.481 e. The average Bonchev–Trinajstić information content (AvgIpc) is 1.99. The molecule has 1 amide bonds. The Morgan fingerprint density at radius 1 is 1.40 bits per heavy atom. The van der Waals surface area contributed by atoms with Crippen LogP contribution < -0.4 is 0 Å². The van der Waals surface area contributed by atoms with Crippen LogP contribution in [-0.4, -0.2) is 40.1 Å². The standard InChI is InChI=1S/C8H10F3NO3/c1-7(2)4(5(13)14)3-12(7)6(15)8(9,10)11/h4H,3H2,1-2H3,(H,13,14). The summed E-state index contributed by atoms with van der Waals surface area (Å²) in [5.74, 6) is -4.11. The number of carboxylic acids is 1. The number of rotatable bonds is 1. The Bertz CT molecular complexity index is 311. The number of nitrogens with zero attached hydrogens (tertiary/aromatic N) is 1. The SMILES string of the molecule is CC1(C)C(C(=O)O)CN1C(=O)C(F)(F)F. The van der Waals surface area contributed by atoms with E-state index in [-0.39, 0.29) is 6.54 Å². The van der Waals surface area contributed by atoms with Gasteiger partial charge in [-0.25, -0.2) is 0 Å². The van der Waals surface area contributed by atoms with Gasteiger partial charge < -0.3 is 10.0 Å². The highest BCUT2D eigenvalue weighted by Gasteiger charge is 2.58. The summed E-state index contributed by atoms with van der Waals surface area (Å²) in [4.78, 5) is 22.0. The van der Waals surface area contributed by atoms with E-state index in [9.17, 15) is 22.8 Å². The Hall–Kier alpha value is -1.27. The maximum absolute atomic E-state index is 12.1. The number of carbonyl (C=O) groups excluding carboxylic acids is 1. The minimum atomic E-state index is -4.94. The second-order valence-corrected chi connectivity index (χ2v) is 3.96. The number of amides is 1. The van der Waals surface area contributed by atoms with Crippen molar-refractivity contribution in [3.63, 3.8) is 0 Å². The van der Waals surface area contributed by atoms with Crippen molar-refractivity contribution in [1.82, 2.24) is 4.90 Å². The van der Waals surface area contributed by atoms with Gasteiger partial charge in [0.25, 0.3) is 0 Å². The normalized spacial score (nSPS) is 24.6. The number of hydrogen-bond donors (Lipinski definition) is 1. The van der Waals surface area contributed by atoms with Crippen LogP contribution in [0.3, 0.4) is 0 Å². The Morgan fingerprint density at radius 3 is 2.13 bits per heavy atom. The molecule has 0 spiro atoms. The van der Waals surface area contributed by atoms with Crippen LogP contribution in [0.2, 0.25) is 0 Å². The van der Waals surface area contributed by atoms with Crippen LogP contribution in [-0.2, 0) is 9.59 Å². The predicted molar refractivity (Wildman–Crippen MR) is 43.0 cm³/mol.